The lowest BCUT2D eigenvalue weighted by Gasteiger charge is -2.16. The summed E-state index contributed by atoms with van der Waals surface area (Å²) < 4.78 is 0. The van der Waals surface area contributed by atoms with Gasteiger partial charge < -0.3 is 9.97 Å². The van der Waals surface area contributed by atoms with Gasteiger partial charge in [-0.3, -0.25) is 4.79 Å². The average Bonchev–Trinajstić information content (AvgIpc) is 3.58. The van der Waals surface area contributed by atoms with E-state index in [1.165, 1.54) is 27.6 Å². The molecule has 0 unspecified atom stereocenters. The zero-order valence-electron chi connectivity index (χ0n) is 23.4. The van der Waals surface area contributed by atoms with E-state index >= 15 is 0 Å². The van der Waals surface area contributed by atoms with E-state index in [1.54, 1.807) is 6.33 Å². The molecule has 0 spiro atoms. The Balaban J connectivity index is 0.000000133. The van der Waals surface area contributed by atoms with Crippen molar-refractivity contribution < 1.29 is 4.79 Å². The van der Waals surface area contributed by atoms with Gasteiger partial charge in [0.05, 0.1) is 17.4 Å². The first-order valence-electron chi connectivity index (χ1n) is 13.6. The van der Waals surface area contributed by atoms with Gasteiger partial charge >= 0.3 is 0 Å². The second kappa shape index (κ2) is 12.1. The summed E-state index contributed by atoms with van der Waals surface area (Å²) in [6.07, 6.45) is 8.28. The van der Waals surface area contributed by atoms with Gasteiger partial charge in [-0.15, -0.1) is 0 Å². The number of H-pyrrole nitrogens is 2. The number of ketones is 1. The lowest BCUT2D eigenvalue weighted by molar-refractivity contribution is 0.0993. The molecule has 0 atom stereocenters. The van der Waals surface area contributed by atoms with Crippen LogP contribution in [0.4, 0.5) is 0 Å². The molecule has 2 aromatic heterocycles. The smallest absolute Gasteiger partial charge is 0.167 e. The number of para-hydroxylation sites is 1. The van der Waals surface area contributed by atoms with Crippen LogP contribution in [0.1, 0.15) is 98.3 Å². The quantitative estimate of drug-likeness (QED) is 0.256. The number of rotatable bonds is 3. The summed E-state index contributed by atoms with van der Waals surface area (Å²) in [4.78, 5) is 22.4. The number of imidazole rings is 1. The largest absolute Gasteiger partial charge is 0.361 e. The van der Waals surface area contributed by atoms with Crippen molar-refractivity contribution in [2.45, 2.75) is 65.7 Å². The second-order valence-corrected chi connectivity index (χ2v) is 10.7. The maximum atomic E-state index is 11.8. The first kappa shape index (κ1) is 27.1. The van der Waals surface area contributed by atoms with Crippen molar-refractivity contribution in [3.8, 4) is 0 Å². The summed E-state index contributed by atoms with van der Waals surface area (Å²) in [5.41, 5.74) is 9.40. The van der Waals surface area contributed by atoms with Crippen molar-refractivity contribution in [3.05, 3.63) is 107 Å². The van der Waals surface area contributed by atoms with Crippen molar-refractivity contribution in [1.82, 2.24) is 15.0 Å². The van der Waals surface area contributed by atoms with Crippen molar-refractivity contribution in [2.75, 3.05) is 0 Å². The van der Waals surface area contributed by atoms with Gasteiger partial charge in [-0.1, -0.05) is 96.2 Å². The number of aromatic amines is 2. The monoisotopic (exact) mass is 505 g/mol. The number of allylic oxidation sites excluding steroid dienone is 1. The Morgan fingerprint density at radius 1 is 0.711 bits per heavy atom. The van der Waals surface area contributed by atoms with Crippen LogP contribution < -0.4 is 0 Å². The van der Waals surface area contributed by atoms with Crippen molar-refractivity contribution >= 4 is 33.8 Å². The van der Waals surface area contributed by atoms with Crippen LogP contribution in [-0.4, -0.2) is 20.7 Å². The minimum atomic E-state index is 0.256. The zero-order chi connectivity index (χ0) is 27.2. The topological polar surface area (TPSA) is 61.5 Å². The first-order valence-corrected chi connectivity index (χ1v) is 13.6. The van der Waals surface area contributed by atoms with Crippen LogP contribution in [0.5, 0.6) is 0 Å². The molecule has 0 amide bonds. The van der Waals surface area contributed by atoms with Crippen LogP contribution in [0.25, 0.3) is 28.0 Å². The molecule has 5 aromatic rings. The van der Waals surface area contributed by atoms with Crippen LogP contribution >= 0.6 is 0 Å². The molecule has 0 radical (unpaired) electrons. The number of carbonyl (C=O) groups excluding carboxylic acids is 1. The molecule has 6 rings (SSSR count). The summed E-state index contributed by atoms with van der Waals surface area (Å²) in [5.74, 6) is 1.81. The minimum Gasteiger partial charge on any atom is -0.361 e. The number of fused-ring (bicyclic) bond motifs is 3. The molecule has 196 valence electrons. The van der Waals surface area contributed by atoms with Crippen LogP contribution in [0.2, 0.25) is 0 Å². The van der Waals surface area contributed by atoms with Crippen LogP contribution in [-0.2, 0) is 0 Å². The van der Waals surface area contributed by atoms with Crippen molar-refractivity contribution in [2.24, 2.45) is 0 Å². The van der Waals surface area contributed by atoms with Crippen LogP contribution in [0, 0.1) is 0 Å². The summed E-state index contributed by atoms with van der Waals surface area (Å²) in [5, 5.41) is 1.35. The van der Waals surface area contributed by atoms with E-state index in [1.807, 2.05) is 36.5 Å². The maximum Gasteiger partial charge on any atom is 0.167 e. The Morgan fingerprint density at radius 2 is 1.34 bits per heavy atom. The third kappa shape index (κ3) is 5.96. The molecule has 38 heavy (non-hydrogen) atoms. The summed E-state index contributed by atoms with van der Waals surface area (Å²) in [7, 11) is 0. The number of nitrogens with zero attached hydrogens (tertiary/aromatic N) is 1. The predicted molar refractivity (Wildman–Crippen MR) is 161 cm³/mol. The van der Waals surface area contributed by atoms with Gasteiger partial charge in [0.25, 0.3) is 0 Å². The highest BCUT2D eigenvalue weighted by molar-refractivity contribution is 6.04. The molecule has 4 heteroatoms. The molecule has 3 aromatic carbocycles. The number of nitrogens with one attached hydrogen (secondary N) is 2. The number of Topliss-reactive ketones (excluding diaryl/α,β-unsaturated/α-hetero) is 1. The molecule has 0 saturated carbocycles. The highest BCUT2D eigenvalue weighted by atomic mass is 16.1. The number of aromatic nitrogens is 3. The molecule has 1 aliphatic rings. The zero-order valence-corrected chi connectivity index (χ0v) is 23.4. The second-order valence-electron chi connectivity index (χ2n) is 10.7. The van der Waals surface area contributed by atoms with E-state index in [-0.39, 0.29) is 5.78 Å². The molecule has 0 bridgehead atoms. The van der Waals surface area contributed by atoms with Gasteiger partial charge in [-0.05, 0) is 58.2 Å². The minimum absolute atomic E-state index is 0.256. The van der Waals surface area contributed by atoms with Gasteiger partial charge in [0.2, 0.25) is 0 Å². The van der Waals surface area contributed by atoms with E-state index in [9.17, 15) is 4.79 Å². The van der Waals surface area contributed by atoms with E-state index < -0.39 is 0 Å². The maximum absolute atomic E-state index is 11.8. The fourth-order valence-corrected chi connectivity index (χ4v) is 4.99. The Labute approximate surface area is 226 Å². The Morgan fingerprint density at radius 3 is 2.05 bits per heavy atom. The third-order valence-electron chi connectivity index (χ3n) is 6.98. The summed E-state index contributed by atoms with van der Waals surface area (Å²) >= 11 is 0. The van der Waals surface area contributed by atoms with Crippen LogP contribution in [0.3, 0.4) is 0 Å². The number of carbonyl (C=O) groups is 1. The number of hydrogen-bond donors (Lipinski definition) is 2. The van der Waals surface area contributed by atoms with Gasteiger partial charge in [-0.25, -0.2) is 4.98 Å². The fraction of sp³-hybridized carbons (Fsp3) is 0.294. The predicted octanol–water partition coefficient (Wildman–Crippen LogP) is 9.39. The molecule has 4 nitrogen and oxygen atoms in total. The number of benzene rings is 3. The summed E-state index contributed by atoms with van der Waals surface area (Å²) in [6.45, 7) is 13.1. The third-order valence-corrected chi connectivity index (χ3v) is 6.98. The van der Waals surface area contributed by atoms with E-state index in [4.69, 9.17) is 0 Å². The van der Waals surface area contributed by atoms with Gasteiger partial charge in [0.15, 0.2) is 5.78 Å². The molecule has 2 N–H and O–H groups in total. The van der Waals surface area contributed by atoms with Crippen molar-refractivity contribution in [3.63, 3.8) is 0 Å². The van der Waals surface area contributed by atoms with E-state index in [0.29, 0.717) is 24.2 Å². The molecular formula is C34H39N3O. The molecular weight excluding hydrogens is 466 g/mol. The first-order chi connectivity index (χ1) is 18.3. The normalized spacial score (nSPS) is 12.5. The van der Waals surface area contributed by atoms with E-state index in [0.717, 1.165) is 22.2 Å². The average molecular weight is 506 g/mol. The Bertz CT molecular complexity index is 1470. The SMILES string of the molecule is CC(C)c1cccc2[nH]ccc12.CC(C)c1cccc2[nH]cnc12.CC(C)c1cccc2c1C(=O)CC=C2. The molecule has 0 fully saturated rings. The lowest BCUT2D eigenvalue weighted by Crippen LogP contribution is -2.09. The highest BCUT2D eigenvalue weighted by Gasteiger charge is 2.18. The van der Waals surface area contributed by atoms with Gasteiger partial charge in [0, 0.05) is 29.1 Å². The van der Waals surface area contributed by atoms with E-state index in [2.05, 4.69) is 99.0 Å². The Hall–Kier alpha value is -3.92. The summed E-state index contributed by atoms with van der Waals surface area (Å²) in [6, 6.07) is 20.9. The molecule has 2 heterocycles. The number of hydrogen-bond acceptors (Lipinski definition) is 2. The standard InChI is InChI=1S/C13H14O.C11H13N.C10H12N2/c1-9(2)11-7-3-5-10-6-4-8-12(14)13(10)11;1-8(2)9-4-3-5-11-10(9)6-7-12-11;1-7(2)8-4-3-5-9-10(8)12-6-11-9/h3-7,9H,8H2,1-2H3;3-8,12H,1-2H3;3-7H,1-2H3,(H,11,12). The van der Waals surface area contributed by atoms with Gasteiger partial charge in [-0.2, -0.15) is 0 Å². The lowest BCUT2D eigenvalue weighted by atomic mass is 9.87. The molecule has 0 aliphatic heterocycles. The Kier molecular flexibility index (Phi) is 8.62. The van der Waals surface area contributed by atoms with Crippen molar-refractivity contribution in [1.29, 1.82) is 0 Å². The highest BCUT2D eigenvalue weighted by Crippen LogP contribution is 2.28. The van der Waals surface area contributed by atoms with Crippen LogP contribution in [0.15, 0.2) is 79.3 Å². The molecule has 1 aliphatic carbocycles. The fourth-order valence-electron chi connectivity index (χ4n) is 4.99. The molecule has 0 saturated heterocycles. The van der Waals surface area contributed by atoms with Gasteiger partial charge in [0.1, 0.15) is 0 Å².